The van der Waals surface area contributed by atoms with Gasteiger partial charge in [-0.2, -0.15) is 0 Å². The Balaban J connectivity index is 1.48. The molecule has 0 unspecified atom stereocenters. The molecular formula is C26H23N5O3S. The van der Waals surface area contributed by atoms with Gasteiger partial charge >= 0.3 is 0 Å². The van der Waals surface area contributed by atoms with Gasteiger partial charge < -0.3 is 14.6 Å². The molecule has 0 saturated heterocycles. The molecule has 0 aliphatic heterocycles. The Bertz CT molecular complexity index is 1400. The van der Waals surface area contributed by atoms with Crippen LogP contribution in [0.5, 0.6) is 0 Å². The largest absolute Gasteiger partial charge is 0.467 e. The van der Waals surface area contributed by atoms with Gasteiger partial charge in [-0.1, -0.05) is 53.7 Å². The van der Waals surface area contributed by atoms with Crippen molar-refractivity contribution < 1.29 is 14.0 Å². The van der Waals surface area contributed by atoms with Crippen LogP contribution < -0.4 is 5.32 Å². The number of carbonyl (C=O) groups is 2. The first-order valence-electron chi connectivity index (χ1n) is 11.1. The number of para-hydroxylation sites is 1. The zero-order chi connectivity index (χ0) is 24.0. The highest BCUT2D eigenvalue weighted by molar-refractivity contribution is 7.09. The van der Waals surface area contributed by atoms with Crippen molar-refractivity contribution in [3.63, 3.8) is 0 Å². The van der Waals surface area contributed by atoms with E-state index in [1.165, 1.54) is 11.3 Å². The summed E-state index contributed by atoms with van der Waals surface area (Å²) in [7, 11) is 0. The molecule has 0 saturated carbocycles. The van der Waals surface area contributed by atoms with Crippen LogP contribution in [0.1, 0.15) is 22.2 Å². The first-order valence-corrected chi connectivity index (χ1v) is 12.0. The summed E-state index contributed by atoms with van der Waals surface area (Å²) < 4.78 is 6.93. The van der Waals surface area contributed by atoms with Gasteiger partial charge in [-0.3, -0.25) is 9.59 Å². The number of benzene rings is 2. The number of furan rings is 1. The number of nitrogens with zero attached hydrogens (tertiary/aromatic N) is 4. The minimum atomic E-state index is -0.837. The van der Waals surface area contributed by atoms with Crippen LogP contribution in [0.15, 0.2) is 94.9 Å². The van der Waals surface area contributed by atoms with Crippen LogP contribution in [-0.2, 0) is 29.2 Å². The third-order valence-electron chi connectivity index (χ3n) is 5.62. The summed E-state index contributed by atoms with van der Waals surface area (Å²) in [6.45, 7) is 0.474. The number of hydrogen-bond acceptors (Lipinski definition) is 6. The van der Waals surface area contributed by atoms with E-state index in [1.54, 1.807) is 28.0 Å². The third-order valence-corrected chi connectivity index (χ3v) is 6.49. The first kappa shape index (κ1) is 22.5. The molecule has 0 aliphatic carbocycles. The maximum atomic E-state index is 13.8. The molecule has 2 amide bonds. The molecule has 8 nitrogen and oxygen atoms in total. The van der Waals surface area contributed by atoms with Crippen molar-refractivity contribution >= 4 is 34.2 Å². The summed E-state index contributed by atoms with van der Waals surface area (Å²) in [6.07, 6.45) is 1.56. The molecule has 3 aromatic heterocycles. The number of aromatic nitrogens is 3. The highest BCUT2D eigenvalue weighted by Gasteiger charge is 2.32. The van der Waals surface area contributed by atoms with Crippen LogP contribution >= 0.6 is 11.3 Å². The lowest BCUT2D eigenvalue weighted by Crippen LogP contribution is -2.44. The van der Waals surface area contributed by atoms with E-state index in [1.807, 2.05) is 72.1 Å². The average molecular weight is 486 g/mol. The molecule has 5 rings (SSSR count). The Hall–Kier alpha value is -4.24. The second-order valence-corrected chi connectivity index (χ2v) is 8.98. The maximum Gasteiger partial charge on any atom is 0.247 e. The Morgan fingerprint density at radius 3 is 2.60 bits per heavy atom. The van der Waals surface area contributed by atoms with Gasteiger partial charge in [-0.15, -0.1) is 16.4 Å². The van der Waals surface area contributed by atoms with Gasteiger partial charge in [0, 0.05) is 4.88 Å². The first-order chi connectivity index (χ1) is 17.2. The number of amides is 2. The van der Waals surface area contributed by atoms with E-state index < -0.39 is 6.04 Å². The second kappa shape index (κ2) is 10.4. The lowest BCUT2D eigenvalue weighted by molar-refractivity contribution is -0.142. The molecule has 1 atom stereocenters. The molecule has 176 valence electrons. The van der Waals surface area contributed by atoms with Crippen molar-refractivity contribution in [2.75, 3.05) is 0 Å². The summed E-state index contributed by atoms with van der Waals surface area (Å²) >= 11 is 1.54. The van der Waals surface area contributed by atoms with E-state index in [4.69, 9.17) is 4.42 Å². The standard InChI is InChI=1S/C26H23N5O3S/c32-24(18-31-23-13-5-4-12-22(23)28-29-31)30(17-21-11-7-15-35-21)25(19-8-2-1-3-9-19)26(33)27-16-20-10-6-14-34-20/h1-15,25H,16-18H2,(H,27,33)/t25-/m0/s1. The molecule has 9 heteroatoms. The molecule has 3 heterocycles. The van der Waals surface area contributed by atoms with E-state index in [2.05, 4.69) is 15.6 Å². The molecule has 0 bridgehead atoms. The van der Waals surface area contributed by atoms with Gasteiger partial charge in [0.05, 0.1) is 24.9 Å². The summed E-state index contributed by atoms with van der Waals surface area (Å²) in [6, 6.07) is 23.4. The van der Waals surface area contributed by atoms with E-state index in [-0.39, 0.29) is 31.4 Å². The predicted molar refractivity (Wildman–Crippen MR) is 132 cm³/mol. The quantitative estimate of drug-likeness (QED) is 0.338. The molecule has 35 heavy (non-hydrogen) atoms. The predicted octanol–water partition coefficient (Wildman–Crippen LogP) is 4.17. The average Bonchev–Trinajstić information content (AvgIpc) is 3.66. The van der Waals surface area contributed by atoms with Crippen LogP contribution in [0.2, 0.25) is 0 Å². The van der Waals surface area contributed by atoms with E-state index in [9.17, 15) is 9.59 Å². The number of thiophene rings is 1. The Morgan fingerprint density at radius 1 is 1.00 bits per heavy atom. The molecule has 5 aromatic rings. The summed E-state index contributed by atoms with van der Waals surface area (Å²) in [4.78, 5) is 29.9. The molecule has 1 N–H and O–H groups in total. The third kappa shape index (κ3) is 5.15. The topological polar surface area (TPSA) is 93.3 Å². The smallest absolute Gasteiger partial charge is 0.247 e. The van der Waals surface area contributed by atoms with Crippen LogP contribution in [0.4, 0.5) is 0 Å². The Kier molecular flexibility index (Phi) is 6.67. The van der Waals surface area contributed by atoms with Crippen LogP contribution in [0, 0.1) is 0 Å². The molecule has 0 spiro atoms. The molecule has 2 aromatic carbocycles. The highest BCUT2D eigenvalue weighted by Crippen LogP contribution is 2.26. The van der Waals surface area contributed by atoms with Crippen molar-refractivity contribution in [3.8, 4) is 0 Å². The maximum absolute atomic E-state index is 13.8. The lowest BCUT2D eigenvalue weighted by atomic mass is 10.0. The van der Waals surface area contributed by atoms with Crippen LogP contribution in [0.25, 0.3) is 11.0 Å². The fourth-order valence-corrected chi connectivity index (χ4v) is 4.64. The normalized spacial score (nSPS) is 11.9. The van der Waals surface area contributed by atoms with Crippen LogP contribution in [-0.4, -0.2) is 31.7 Å². The Labute approximate surface area is 205 Å². The molecule has 0 fully saturated rings. The number of hydrogen-bond donors (Lipinski definition) is 1. The number of rotatable bonds is 9. The van der Waals surface area contributed by atoms with E-state index in [0.29, 0.717) is 11.3 Å². The fraction of sp³-hybridized carbons (Fsp3) is 0.154. The van der Waals surface area contributed by atoms with E-state index >= 15 is 0 Å². The molecule has 0 radical (unpaired) electrons. The van der Waals surface area contributed by atoms with Crippen molar-refractivity contribution in [3.05, 3.63) is 107 Å². The van der Waals surface area contributed by atoms with E-state index in [0.717, 1.165) is 16.0 Å². The van der Waals surface area contributed by atoms with Gasteiger partial charge in [0.15, 0.2) is 0 Å². The number of carbonyl (C=O) groups excluding carboxylic acids is 2. The van der Waals surface area contributed by atoms with Crippen molar-refractivity contribution in [2.24, 2.45) is 0 Å². The summed E-state index contributed by atoms with van der Waals surface area (Å²) in [5, 5.41) is 13.2. The van der Waals surface area contributed by atoms with Gasteiger partial charge in [-0.05, 0) is 41.3 Å². The van der Waals surface area contributed by atoms with Gasteiger partial charge in [-0.25, -0.2) is 4.68 Å². The number of nitrogens with one attached hydrogen (secondary N) is 1. The zero-order valence-electron chi connectivity index (χ0n) is 18.8. The lowest BCUT2D eigenvalue weighted by Gasteiger charge is -2.31. The van der Waals surface area contributed by atoms with Crippen molar-refractivity contribution in [2.45, 2.75) is 25.7 Å². The summed E-state index contributed by atoms with van der Waals surface area (Å²) in [5.41, 5.74) is 2.19. The minimum Gasteiger partial charge on any atom is -0.467 e. The molecule has 0 aliphatic rings. The second-order valence-electron chi connectivity index (χ2n) is 7.95. The number of fused-ring (bicyclic) bond motifs is 1. The summed E-state index contributed by atoms with van der Waals surface area (Å²) in [5.74, 6) is 0.104. The zero-order valence-corrected chi connectivity index (χ0v) is 19.6. The SMILES string of the molecule is O=C(NCc1ccco1)[C@H](c1ccccc1)N(Cc1cccs1)C(=O)Cn1nnc2ccccc21. The van der Waals surface area contributed by atoms with Crippen LogP contribution in [0.3, 0.4) is 0 Å². The van der Waals surface area contributed by atoms with Gasteiger partial charge in [0.1, 0.15) is 23.9 Å². The van der Waals surface area contributed by atoms with Gasteiger partial charge in [0.25, 0.3) is 0 Å². The van der Waals surface area contributed by atoms with Crippen molar-refractivity contribution in [1.29, 1.82) is 0 Å². The molecular weight excluding hydrogens is 462 g/mol. The van der Waals surface area contributed by atoms with Crippen molar-refractivity contribution in [1.82, 2.24) is 25.2 Å². The van der Waals surface area contributed by atoms with Gasteiger partial charge in [0.2, 0.25) is 11.8 Å². The highest BCUT2D eigenvalue weighted by atomic mass is 32.1. The fourth-order valence-electron chi connectivity index (χ4n) is 3.94. The Morgan fingerprint density at radius 2 is 1.83 bits per heavy atom. The minimum absolute atomic E-state index is 0.0410. The monoisotopic (exact) mass is 485 g/mol.